The molecule has 1 heterocycles. The SMILES string of the molecule is FC(F)(F)c1[c]cnc(CC2CC2)n1. The number of halogens is 3. The largest absolute Gasteiger partial charge is 0.434 e. The highest BCUT2D eigenvalue weighted by molar-refractivity contribution is 5.05. The molecule has 0 atom stereocenters. The Labute approximate surface area is 79.2 Å². The molecular weight excluding hydrogens is 193 g/mol. The zero-order valence-electron chi connectivity index (χ0n) is 7.30. The number of aromatic nitrogens is 2. The third-order valence-electron chi connectivity index (χ3n) is 2.09. The summed E-state index contributed by atoms with van der Waals surface area (Å²) in [6, 6.07) is 2.00. The van der Waals surface area contributed by atoms with Crippen LogP contribution in [0.1, 0.15) is 24.4 Å². The average Bonchev–Trinajstić information content (AvgIpc) is 2.87. The van der Waals surface area contributed by atoms with Crippen LogP contribution in [0.2, 0.25) is 0 Å². The van der Waals surface area contributed by atoms with E-state index in [-0.39, 0.29) is 5.82 Å². The fourth-order valence-corrected chi connectivity index (χ4v) is 1.18. The van der Waals surface area contributed by atoms with Crippen molar-refractivity contribution in [3.05, 3.63) is 23.8 Å². The first kappa shape index (κ1) is 9.43. The Hall–Kier alpha value is -1.13. The van der Waals surface area contributed by atoms with Gasteiger partial charge in [0.25, 0.3) is 0 Å². The van der Waals surface area contributed by atoms with Crippen molar-refractivity contribution in [3.8, 4) is 0 Å². The van der Waals surface area contributed by atoms with Gasteiger partial charge >= 0.3 is 6.18 Å². The lowest BCUT2D eigenvalue weighted by Crippen LogP contribution is -2.11. The van der Waals surface area contributed by atoms with Gasteiger partial charge in [0, 0.05) is 18.7 Å². The van der Waals surface area contributed by atoms with Gasteiger partial charge in [-0.2, -0.15) is 13.2 Å². The summed E-state index contributed by atoms with van der Waals surface area (Å²) < 4.78 is 36.6. The Kier molecular flexibility index (Phi) is 2.17. The van der Waals surface area contributed by atoms with E-state index in [0.717, 1.165) is 19.0 Å². The van der Waals surface area contributed by atoms with Crippen LogP contribution in [0.15, 0.2) is 6.20 Å². The van der Waals surface area contributed by atoms with Crippen molar-refractivity contribution < 1.29 is 13.2 Å². The predicted octanol–water partition coefficient (Wildman–Crippen LogP) is 2.25. The molecule has 5 heteroatoms. The lowest BCUT2D eigenvalue weighted by molar-refractivity contribution is -0.141. The average molecular weight is 201 g/mol. The van der Waals surface area contributed by atoms with Crippen LogP contribution in [-0.4, -0.2) is 9.97 Å². The van der Waals surface area contributed by atoms with Gasteiger partial charge in [-0.05, 0) is 18.8 Å². The van der Waals surface area contributed by atoms with Gasteiger partial charge in [0.05, 0.1) is 0 Å². The summed E-state index contributed by atoms with van der Waals surface area (Å²) in [6.45, 7) is 0. The van der Waals surface area contributed by atoms with Gasteiger partial charge in [-0.1, -0.05) is 0 Å². The highest BCUT2D eigenvalue weighted by Gasteiger charge is 2.33. The lowest BCUT2D eigenvalue weighted by Gasteiger charge is -2.05. The van der Waals surface area contributed by atoms with E-state index in [4.69, 9.17) is 0 Å². The van der Waals surface area contributed by atoms with Crippen molar-refractivity contribution in [1.29, 1.82) is 0 Å². The first-order chi connectivity index (χ1) is 6.55. The maximum Gasteiger partial charge on any atom is 0.434 e. The van der Waals surface area contributed by atoms with E-state index < -0.39 is 11.9 Å². The molecule has 0 bridgehead atoms. The molecule has 0 saturated heterocycles. The minimum absolute atomic E-state index is 0.276. The minimum atomic E-state index is -4.42. The van der Waals surface area contributed by atoms with Gasteiger partial charge in [0.2, 0.25) is 0 Å². The molecule has 1 radical (unpaired) electrons. The molecule has 1 fully saturated rings. The van der Waals surface area contributed by atoms with E-state index in [1.54, 1.807) is 0 Å². The van der Waals surface area contributed by atoms with E-state index >= 15 is 0 Å². The predicted molar refractivity (Wildman–Crippen MR) is 42.3 cm³/mol. The summed E-state index contributed by atoms with van der Waals surface area (Å²) in [7, 11) is 0. The normalized spacial score (nSPS) is 17.1. The molecule has 0 aromatic carbocycles. The Balaban J connectivity index is 2.17. The Morgan fingerprint density at radius 1 is 1.43 bits per heavy atom. The Bertz CT molecular complexity index is 331. The molecule has 0 N–H and O–H groups in total. The van der Waals surface area contributed by atoms with Gasteiger partial charge in [0.15, 0.2) is 5.69 Å². The third kappa shape index (κ3) is 2.21. The number of alkyl halides is 3. The summed E-state index contributed by atoms with van der Waals surface area (Å²) in [6.07, 6.45) is -0.667. The molecule has 2 rings (SSSR count). The first-order valence-electron chi connectivity index (χ1n) is 4.36. The second-order valence-corrected chi connectivity index (χ2v) is 3.42. The molecule has 1 aromatic rings. The molecule has 1 saturated carbocycles. The number of nitrogens with zero attached hydrogens (tertiary/aromatic N) is 2. The molecule has 14 heavy (non-hydrogen) atoms. The van der Waals surface area contributed by atoms with E-state index in [2.05, 4.69) is 9.97 Å². The van der Waals surface area contributed by atoms with Crippen LogP contribution in [0, 0.1) is 12.0 Å². The fraction of sp³-hybridized carbons (Fsp3) is 0.556. The summed E-state index contributed by atoms with van der Waals surface area (Å²) in [4.78, 5) is 7.20. The van der Waals surface area contributed by atoms with Gasteiger partial charge in [-0.3, -0.25) is 0 Å². The molecule has 1 aliphatic rings. The van der Waals surface area contributed by atoms with Crippen LogP contribution in [-0.2, 0) is 12.6 Å². The molecule has 0 aliphatic heterocycles. The molecule has 1 aromatic heterocycles. The van der Waals surface area contributed by atoms with Gasteiger partial charge in [-0.15, -0.1) is 0 Å². The standard InChI is InChI=1S/C9H8F3N2/c10-9(11,12)7-3-4-13-8(14-7)5-6-1-2-6/h4,6H,1-2,5H2. The fourth-order valence-electron chi connectivity index (χ4n) is 1.18. The van der Waals surface area contributed by atoms with Gasteiger partial charge in [-0.25, -0.2) is 9.97 Å². The third-order valence-corrected chi connectivity index (χ3v) is 2.09. The Morgan fingerprint density at radius 2 is 2.14 bits per heavy atom. The lowest BCUT2D eigenvalue weighted by atomic mass is 10.2. The monoisotopic (exact) mass is 201 g/mol. The van der Waals surface area contributed by atoms with E-state index in [9.17, 15) is 13.2 Å². The highest BCUT2D eigenvalue weighted by atomic mass is 19.4. The van der Waals surface area contributed by atoms with Crippen LogP contribution in [0.25, 0.3) is 0 Å². The van der Waals surface area contributed by atoms with Crippen molar-refractivity contribution >= 4 is 0 Å². The van der Waals surface area contributed by atoms with Crippen molar-refractivity contribution in [2.75, 3.05) is 0 Å². The maximum atomic E-state index is 12.2. The van der Waals surface area contributed by atoms with E-state index in [1.807, 2.05) is 6.07 Å². The summed E-state index contributed by atoms with van der Waals surface area (Å²) in [5.41, 5.74) is -0.969. The van der Waals surface area contributed by atoms with Crippen LogP contribution in [0.4, 0.5) is 13.2 Å². The van der Waals surface area contributed by atoms with Crippen LogP contribution in [0.5, 0.6) is 0 Å². The first-order valence-corrected chi connectivity index (χ1v) is 4.36. The second-order valence-electron chi connectivity index (χ2n) is 3.42. The van der Waals surface area contributed by atoms with Gasteiger partial charge < -0.3 is 0 Å². The van der Waals surface area contributed by atoms with Crippen LogP contribution < -0.4 is 0 Å². The van der Waals surface area contributed by atoms with Gasteiger partial charge in [0.1, 0.15) is 5.82 Å². The molecule has 2 nitrogen and oxygen atoms in total. The minimum Gasteiger partial charge on any atom is -0.241 e. The quantitative estimate of drug-likeness (QED) is 0.733. The summed E-state index contributed by atoms with van der Waals surface area (Å²) >= 11 is 0. The van der Waals surface area contributed by atoms with Crippen LogP contribution >= 0.6 is 0 Å². The summed E-state index contributed by atoms with van der Waals surface area (Å²) in [5, 5.41) is 0. The Morgan fingerprint density at radius 3 is 2.71 bits per heavy atom. The van der Waals surface area contributed by atoms with Crippen molar-refractivity contribution in [2.45, 2.75) is 25.4 Å². The molecule has 1 aliphatic carbocycles. The number of rotatable bonds is 2. The molecule has 0 unspecified atom stereocenters. The topological polar surface area (TPSA) is 25.8 Å². The maximum absolute atomic E-state index is 12.2. The molecule has 75 valence electrons. The second kappa shape index (κ2) is 3.22. The number of hydrogen-bond acceptors (Lipinski definition) is 2. The molecule has 0 amide bonds. The van der Waals surface area contributed by atoms with E-state index in [0.29, 0.717) is 12.3 Å². The van der Waals surface area contributed by atoms with Crippen LogP contribution in [0.3, 0.4) is 0 Å². The van der Waals surface area contributed by atoms with E-state index in [1.165, 1.54) is 0 Å². The molecule has 0 spiro atoms. The zero-order chi connectivity index (χ0) is 10.2. The van der Waals surface area contributed by atoms with Crippen molar-refractivity contribution in [1.82, 2.24) is 9.97 Å². The van der Waals surface area contributed by atoms with Crippen molar-refractivity contribution in [2.24, 2.45) is 5.92 Å². The number of hydrogen-bond donors (Lipinski definition) is 0. The molecular formula is C9H8F3N2. The smallest absolute Gasteiger partial charge is 0.241 e. The highest BCUT2D eigenvalue weighted by Crippen LogP contribution is 2.32. The zero-order valence-corrected chi connectivity index (χ0v) is 7.30. The van der Waals surface area contributed by atoms with Crippen molar-refractivity contribution in [3.63, 3.8) is 0 Å². The summed E-state index contributed by atoms with van der Waals surface area (Å²) in [5.74, 6) is 0.761.